The van der Waals surface area contributed by atoms with E-state index in [-0.39, 0.29) is 11.9 Å². The fourth-order valence-electron chi connectivity index (χ4n) is 2.92. The highest BCUT2D eigenvalue weighted by Gasteiger charge is 2.22. The number of nitrogens with one attached hydrogen (secondary N) is 1. The molecule has 0 aliphatic rings. The van der Waals surface area contributed by atoms with Crippen LogP contribution >= 0.6 is 0 Å². The molecule has 0 saturated heterocycles. The molecule has 0 spiro atoms. The lowest BCUT2D eigenvalue weighted by atomic mass is 9.94. The number of hydrogen-bond acceptors (Lipinski definition) is 2. The molecular formula is C17H18FN3. The van der Waals surface area contributed by atoms with Gasteiger partial charge >= 0.3 is 0 Å². The van der Waals surface area contributed by atoms with Crippen molar-refractivity contribution in [1.29, 1.82) is 0 Å². The van der Waals surface area contributed by atoms with Gasteiger partial charge in [-0.15, -0.1) is 0 Å². The van der Waals surface area contributed by atoms with Gasteiger partial charge in [0.05, 0.1) is 17.8 Å². The lowest BCUT2D eigenvalue weighted by Gasteiger charge is -2.19. The number of hydrogen-bond donors (Lipinski definition) is 1. The molecule has 21 heavy (non-hydrogen) atoms. The van der Waals surface area contributed by atoms with E-state index in [1.54, 1.807) is 16.8 Å². The highest BCUT2D eigenvalue weighted by molar-refractivity contribution is 5.58. The van der Waals surface area contributed by atoms with Gasteiger partial charge in [-0.3, -0.25) is 0 Å². The van der Waals surface area contributed by atoms with E-state index < -0.39 is 0 Å². The van der Waals surface area contributed by atoms with Crippen LogP contribution in [0.4, 0.5) is 4.39 Å². The minimum absolute atomic E-state index is 0.179. The Kier molecular flexibility index (Phi) is 3.47. The van der Waals surface area contributed by atoms with Crippen molar-refractivity contribution >= 4 is 5.52 Å². The van der Waals surface area contributed by atoms with E-state index in [4.69, 9.17) is 0 Å². The van der Waals surface area contributed by atoms with Gasteiger partial charge in [-0.1, -0.05) is 12.1 Å². The van der Waals surface area contributed by atoms with Crippen molar-refractivity contribution in [2.24, 2.45) is 0 Å². The summed E-state index contributed by atoms with van der Waals surface area (Å²) in [5.74, 6) is -0.179. The Morgan fingerprint density at radius 2 is 2.05 bits per heavy atom. The number of benzene rings is 1. The van der Waals surface area contributed by atoms with Crippen LogP contribution in [0.2, 0.25) is 0 Å². The Labute approximate surface area is 123 Å². The first-order chi connectivity index (χ1) is 10.1. The molecule has 1 aromatic carbocycles. The molecule has 0 saturated carbocycles. The molecule has 3 rings (SSSR count). The Hall–Kier alpha value is -2.20. The fraction of sp³-hybridized carbons (Fsp3) is 0.235. The maximum absolute atomic E-state index is 14.5. The Bertz CT molecular complexity index is 769. The van der Waals surface area contributed by atoms with Gasteiger partial charge in [0.2, 0.25) is 0 Å². The molecule has 1 unspecified atom stereocenters. The second kappa shape index (κ2) is 5.30. The Balaban J connectivity index is 2.19. The van der Waals surface area contributed by atoms with Gasteiger partial charge in [0.15, 0.2) is 0 Å². The Morgan fingerprint density at radius 1 is 1.24 bits per heavy atom. The van der Waals surface area contributed by atoms with Crippen LogP contribution in [-0.2, 0) is 0 Å². The molecule has 0 fully saturated rings. The van der Waals surface area contributed by atoms with Gasteiger partial charge in [-0.2, -0.15) is 5.10 Å². The van der Waals surface area contributed by atoms with E-state index in [0.717, 1.165) is 22.2 Å². The topological polar surface area (TPSA) is 29.3 Å². The molecule has 0 aliphatic carbocycles. The van der Waals surface area contributed by atoms with E-state index in [2.05, 4.69) is 10.4 Å². The summed E-state index contributed by atoms with van der Waals surface area (Å²) in [4.78, 5) is 0. The summed E-state index contributed by atoms with van der Waals surface area (Å²) in [7, 11) is 1.84. The molecule has 108 valence electrons. The third-order valence-electron chi connectivity index (χ3n) is 3.83. The van der Waals surface area contributed by atoms with Crippen LogP contribution in [0, 0.1) is 19.7 Å². The van der Waals surface area contributed by atoms with Gasteiger partial charge in [0, 0.05) is 17.3 Å². The molecule has 1 N–H and O–H groups in total. The average Bonchev–Trinajstić information content (AvgIpc) is 2.86. The van der Waals surface area contributed by atoms with Crippen molar-refractivity contribution in [3.63, 3.8) is 0 Å². The first-order valence-electron chi connectivity index (χ1n) is 6.98. The predicted octanol–water partition coefficient (Wildman–Crippen LogP) is 3.40. The van der Waals surface area contributed by atoms with Gasteiger partial charge in [0.1, 0.15) is 5.82 Å². The molecule has 2 heterocycles. The number of aryl methyl sites for hydroxylation is 2. The van der Waals surface area contributed by atoms with Crippen molar-refractivity contribution < 1.29 is 4.39 Å². The van der Waals surface area contributed by atoms with Gasteiger partial charge in [-0.25, -0.2) is 8.91 Å². The SMILES string of the molecule is CNC(c1c(C)cc(C)cc1F)c1cnn2ccccc12. The summed E-state index contributed by atoms with van der Waals surface area (Å²) in [5.41, 5.74) is 4.52. The molecule has 2 aromatic heterocycles. The molecule has 0 amide bonds. The van der Waals surface area contributed by atoms with E-state index in [1.165, 1.54) is 0 Å². The lowest BCUT2D eigenvalue weighted by Crippen LogP contribution is -2.20. The van der Waals surface area contributed by atoms with Crippen LogP contribution in [0.1, 0.15) is 28.3 Å². The third kappa shape index (κ3) is 2.32. The fourth-order valence-corrected chi connectivity index (χ4v) is 2.92. The van der Waals surface area contributed by atoms with Crippen molar-refractivity contribution in [3.8, 4) is 0 Å². The van der Waals surface area contributed by atoms with E-state index in [0.29, 0.717) is 5.56 Å². The monoisotopic (exact) mass is 283 g/mol. The highest BCUT2D eigenvalue weighted by atomic mass is 19.1. The van der Waals surface area contributed by atoms with Crippen LogP contribution in [-0.4, -0.2) is 16.7 Å². The summed E-state index contributed by atoms with van der Waals surface area (Å²) < 4.78 is 16.3. The molecule has 4 heteroatoms. The standard InChI is InChI=1S/C17H18FN3/c1-11-8-12(2)16(14(18)9-11)17(19-3)13-10-20-21-7-5-4-6-15(13)21/h4-10,17,19H,1-3H3. The summed E-state index contributed by atoms with van der Waals surface area (Å²) in [6.45, 7) is 3.85. The van der Waals surface area contributed by atoms with Crippen molar-refractivity contribution in [2.75, 3.05) is 7.05 Å². The molecule has 1 atom stereocenters. The number of rotatable bonds is 3. The zero-order valence-corrected chi connectivity index (χ0v) is 12.4. The first kappa shape index (κ1) is 13.8. The van der Waals surface area contributed by atoms with E-state index in [9.17, 15) is 4.39 Å². The van der Waals surface area contributed by atoms with Crippen LogP contribution in [0.25, 0.3) is 5.52 Å². The minimum Gasteiger partial charge on any atom is -0.309 e. The number of nitrogens with zero attached hydrogens (tertiary/aromatic N) is 2. The maximum atomic E-state index is 14.5. The van der Waals surface area contributed by atoms with Crippen molar-refractivity contribution in [1.82, 2.24) is 14.9 Å². The normalized spacial score (nSPS) is 12.8. The van der Waals surface area contributed by atoms with E-state index in [1.807, 2.05) is 51.4 Å². The lowest BCUT2D eigenvalue weighted by molar-refractivity contribution is 0.573. The summed E-state index contributed by atoms with van der Waals surface area (Å²) in [6, 6.07) is 9.26. The van der Waals surface area contributed by atoms with Gasteiger partial charge in [0.25, 0.3) is 0 Å². The van der Waals surface area contributed by atoms with Gasteiger partial charge in [-0.05, 0) is 50.2 Å². The van der Waals surface area contributed by atoms with Crippen molar-refractivity contribution in [2.45, 2.75) is 19.9 Å². The molecule has 3 aromatic rings. The van der Waals surface area contributed by atoms with Gasteiger partial charge < -0.3 is 5.32 Å². The smallest absolute Gasteiger partial charge is 0.128 e. The van der Waals surface area contributed by atoms with Crippen LogP contribution in [0.5, 0.6) is 0 Å². The summed E-state index contributed by atoms with van der Waals surface area (Å²) in [5, 5.41) is 7.56. The van der Waals surface area contributed by atoms with Crippen LogP contribution in [0.15, 0.2) is 42.7 Å². The Morgan fingerprint density at radius 3 is 2.76 bits per heavy atom. The number of halogens is 1. The van der Waals surface area contributed by atoms with Crippen LogP contribution < -0.4 is 5.32 Å². The van der Waals surface area contributed by atoms with Crippen LogP contribution in [0.3, 0.4) is 0 Å². The number of fused-ring (bicyclic) bond motifs is 1. The zero-order chi connectivity index (χ0) is 15.0. The van der Waals surface area contributed by atoms with E-state index >= 15 is 0 Å². The molecule has 0 aliphatic heterocycles. The average molecular weight is 283 g/mol. The second-order valence-electron chi connectivity index (χ2n) is 5.33. The van der Waals surface area contributed by atoms with Crippen molar-refractivity contribution in [3.05, 3.63) is 70.8 Å². The minimum atomic E-state index is -0.217. The largest absolute Gasteiger partial charge is 0.309 e. The maximum Gasteiger partial charge on any atom is 0.128 e. The molecular weight excluding hydrogens is 265 g/mol. The first-order valence-corrected chi connectivity index (χ1v) is 6.98. The molecule has 0 bridgehead atoms. The zero-order valence-electron chi connectivity index (χ0n) is 12.4. The summed E-state index contributed by atoms with van der Waals surface area (Å²) >= 11 is 0. The molecule has 3 nitrogen and oxygen atoms in total. The highest BCUT2D eigenvalue weighted by Crippen LogP contribution is 2.30. The predicted molar refractivity (Wildman–Crippen MR) is 82.0 cm³/mol. The third-order valence-corrected chi connectivity index (χ3v) is 3.83. The summed E-state index contributed by atoms with van der Waals surface area (Å²) in [6.07, 6.45) is 3.69. The quantitative estimate of drug-likeness (QED) is 0.798. The second-order valence-corrected chi connectivity index (χ2v) is 5.33. The molecule has 0 radical (unpaired) electrons. The number of pyridine rings is 1. The number of aromatic nitrogens is 2.